The van der Waals surface area contributed by atoms with E-state index in [1.165, 1.54) is 6.20 Å². The summed E-state index contributed by atoms with van der Waals surface area (Å²) in [7, 11) is 0. The Morgan fingerprint density at radius 3 is 2.79 bits per heavy atom. The summed E-state index contributed by atoms with van der Waals surface area (Å²) in [6.45, 7) is 0. The second-order valence-electron chi connectivity index (χ2n) is 2.24. The number of hydrazine groups is 1. The fourth-order valence-corrected chi connectivity index (χ4v) is 1.10. The molecule has 1 rings (SSSR count). The first-order chi connectivity index (χ1) is 6.59. The molecule has 14 heavy (non-hydrogen) atoms. The van der Waals surface area contributed by atoms with Crippen LogP contribution in [0.15, 0.2) is 18.3 Å². The number of rotatable bonds is 2. The van der Waals surface area contributed by atoms with Gasteiger partial charge in [-0.15, -0.1) is 0 Å². The second-order valence-corrected chi connectivity index (χ2v) is 3.49. The highest BCUT2D eigenvalue weighted by Crippen LogP contribution is 2.07. The van der Waals surface area contributed by atoms with Crippen LogP contribution in [0.2, 0.25) is 0 Å². The number of aliphatic carboxylic acids is 1. The Morgan fingerprint density at radius 2 is 2.21 bits per heavy atom. The molecule has 3 N–H and O–H groups in total. The zero-order valence-electron chi connectivity index (χ0n) is 6.82. The third kappa shape index (κ3) is 3.17. The monoisotopic (exact) mass is 307 g/mol. The zero-order valence-corrected chi connectivity index (χ0v) is 8.98. The van der Waals surface area contributed by atoms with Crippen LogP contribution in [0.5, 0.6) is 0 Å². The van der Waals surface area contributed by atoms with E-state index in [-0.39, 0.29) is 0 Å². The number of pyridine rings is 1. The Kier molecular flexibility index (Phi) is 3.63. The highest BCUT2D eigenvalue weighted by molar-refractivity contribution is 14.1. The van der Waals surface area contributed by atoms with Crippen molar-refractivity contribution in [2.45, 2.75) is 0 Å². The average Bonchev–Trinajstić information content (AvgIpc) is 2.14. The third-order valence-electron chi connectivity index (χ3n) is 1.22. The predicted octanol–water partition coefficient (Wildman–Crippen LogP) is 0.214. The molecule has 0 aliphatic carbocycles. The Bertz CT molecular complexity index is 369. The van der Waals surface area contributed by atoms with E-state index >= 15 is 0 Å². The number of carbonyl (C=O) groups is 2. The minimum atomic E-state index is -1.55. The van der Waals surface area contributed by atoms with Gasteiger partial charge in [-0.25, -0.2) is 9.78 Å². The highest BCUT2D eigenvalue weighted by atomic mass is 127. The van der Waals surface area contributed by atoms with Gasteiger partial charge in [0.1, 0.15) is 5.82 Å². The molecule has 74 valence electrons. The smallest absolute Gasteiger partial charge is 0.396 e. The van der Waals surface area contributed by atoms with Crippen molar-refractivity contribution in [3.63, 3.8) is 0 Å². The van der Waals surface area contributed by atoms with Crippen LogP contribution < -0.4 is 10.9 Å². The van der Waals surface area contributed by atoms with Crippen LogP contribution in [0.25, 0.3) is 0 Å². The fourth-order valence-electron chi connectivity index (χ4n) is 0.647. The van der Waals surface area contributed by atoms with Crippen LogP contribution in [0.1, 0.15) is 0 Å². The van der Waals surface area contributed by atoms with Gasteiger partial charge in [-0.3, -0.25) is 15.6 Å². The van der Waals surface area contributed by atoms with E-state index in [1.54, 1.807) is 12.1 Å². The van der Waals surface area contributed by atoms with E-state index in [9.17, 15) is 9.59 Å². The van der Waals surface area contributed by atoms with Crippen LogP contribution in [0.3, 0.4) is 0 Å². The van der Waals surface area contributed by atoms with Gasteiger partial charge in [-0.1, -0.05) is 0 Å². The minimum absolute atomic E-state index is 0.381. The molecule has 1 heterocycles. The second kappa shape index (κ2) is 4.74. The summed E-state index contributed by atoms with van der Waals surface area (Å²) >= 11 is 2.07. The van der Waals surface area contributed by atoms with Crippen molar-refractivity contribution in [1.82, 2.24) is 10.4 Å². The summed E-state index contributed by atoms with van der Waals surface area (Å²) in [5.74, 6) is -2.31. The number of carboxylic acids is 1. The molecule has 0 aliphatic heterocycles. The molecule has 0 bridgehead atoms. The number of carboxylic acid groups (broad SMARTS) is 1. The molecule has 0 fully saturated rings. The van der Waals surface area contributed by atoms with E-state index in [0.29, 0.717) is 5.82 Å². The summed E-state index contributed by atoms with van der Waals surface area (Å²) in [5.41, 5.74) is 4.34. The third-order valence-corrected chi connectivity index (χ3v) is 1.89. The zero-order chi connectivity index (χ0) is 10.6. The SMILES string of the molecule is O=C(O)C(=O)NNc1cc(I)ccn1. The molecule has 0 spiro atoms. The van der Waals surface area contributed by atoms with Crippen molar-refractivity contribution in [2.75, 3.05) is 5.43 Å². The summed E-state index contributed by atoms with van der Waals surface area (Å²) in [6, 6.07) is 3.42. The summed E-state index contributed by atoms with van der Waals surface area (Å²) in [5, 5.41) is 8.24. The lowest BCUT2D eigenvalue weighted by Crippen LogP contribution is -2.35. The molecule has 1 amide bonds. The normalized spacial score (nSPS) is 9.21. The van der Waals surface area contributed by atoms with Crippen LogP contribution in [-0.4, -0.2) is 22.0 Å². The number of nitrogens with one attached hydrogen (secondary N) is 2. The van der Waals surface area contributed by atoms with Crippen molar-refractivity contribution >= 4 is 40.3 Å². The van der Waals surface area contributed by atoms with E-state index in [0.717, 1.165) is 3.57 Å². The summed E-state index contributed by atoms with van der Waals surface area (Å²) in [6.07, 6.45) is 1.54. The van der Waals surface area contributed by atoms with Crippen molar-refractivity contribution in [1.29, 1.82) is 0 Å². The first-order valence-electron chi connectivity index (χ1n) is 3.50. The van der Waals surface area contributed by atoms with Crippen LogP contribution in [0.4, 0.5) is 5.82 Å². The maximum Gasteiger partial charge on any atom is 0.396 e. The van der Waals surface area contributed by atoms with Crippen LogP contribution >= 0.6 is 22.6 Å². The van der Waals surface area contributed by atoms with Gasteiger partial charge >= 0.3 is 11.9 Å². The molecule has 0 aliphatic rings. The van der Waals surface area contributed by atoms with Gasteiger partial charge in [0, 0.05) is 9.77 Å². The summed E-state index contributed by atoms with van der Waals surface area (Å²) in [4.78, 5) is 24.6. The van der Waals surface area contributed by atoms with E-state index < -0.39 is 11.9 Å². The first-order valence-corrected chi connectivity index (χ1v) is 4.58. The number of nitrogens with zero attached hydrogens (tertiary/aromatic N) is 1. The van der Waals surface area contributed by atoms with Gasteiger partial charge in [-0.2, -0.15) is 0 Å². The highest BCUT2D eigenvalue weighted by Gasteiger charge is 2.09. The number of hydrogen-bond acceptors (Lipinski definition) is 4. The molecule has 7 heteroatoms. The number of amides is 1. The Hall–Kier alpha value is -1.38. The van der Waals surface area contributed by atoms with Gasteiger partial charge < -0.3 is 5.11 Å². The number of halogens is 1. The van der Waals surface area contributed by atoms with Crippen molar-refractivity contribution in [3.8, 4) is 0 Å². The number of aromatic nitrogens is 1. The molecule has 0 aromatic carbocycles. The number of anilines is 1. The van der Waals surface area contributed by atoms with Crippen molar-refractivity contribution < 1.29 is 14.7 Å². The molecule has 6 nitrogen and oxygen atoms in total. The van der Waals surface area contributed by atoms with Gasteiger partial charge in [0.25, 0.3) is 0 Å². The molecule has 1 aromatic rings. The fraction of sp³-hybridized carbons (Fsp3) is 0. The lowest BCUT2D eigenvalue weighted by atomic mass is 10.5. The predicted molar refractivity (Wildman–Crippen MR) is 56.4 cm³/mol. The lowest BCUT2D eigenvalue weighted by Gasteiger charge is -2.04. The Labute approximate surface area is 92.8 Å². The molecule has 0 saturated heterocycles. The first kappa shape index (κ1) is 10.7. The van der Waals surface area contributed by atoms with Crippen molar-refractivity contribution in [3.05, 3.63) is 21.9 Å². The van der Waals surface area contributed by atoms with Crippen molar-refractivity contribution in [2.24, 2.45) is 0 Å². The standard InChI is InChI=1S/C7H6IN3O3/c8-4-1-2-9-5(3-4)10-11-6(12)7(13)14/h1-3H,(H,9,10)(H,11,12)(H,13,14). The van der Waals surface area contributed by atoms with E-state index in [2.05, 4.69) is 33.0 Å². The Balaban J connectivity index is 2.54. The molecular weight excluding hydrogens is 301 g/mol. The molecule has 0 saturated carbocycles. The van der Waals surface area contributed by atoms with Crippen LogP contribution in [0, 0.1) is 3.57 Å². The van der Waals surface area contributed by atoms with Gasteiger partial charge in [-0.05, 0) is 34.7 Å². The molecule has 0 atom stereocenters. The quantitative estimate of drug-likeness (QED) is 0.413. The van der Waals surface area contributed by atoms with Crippen LogP contribution in [-0.2, 0) is 9.59 Å². The van der Waals surface area contributed by atoms with E-state index in [1.807, 2.05) is 5.43 Å². The molecule has 0 unspecified atom stereocenters. The number of hydrogen-bond donors (Lipinski definition) is 3. The molecular formula is C7H6IN3O3. The number of carbonyl (C=O) groups excluding carboxylic acids is 1. The van der Waals surface area contributed by atoms with Gasteiger partial charge in [0.05, 0.1) is 0 Å². The molecule has 1 aromatic heterocycles. The molecule has 0 radical (unpaired) electrons. The average molecular weight is 307 g/mol. The maximum absolute atomic E-state index is 10.6. The van der Waals surface area contributed by atoms with Gasteiger partial charge in [0.2, 0.25) is 0 Å². The topological polar surface area (TPSA) is 91.3 Å². The maximum atomic E-state index is 10.6. The Morgan fingerprint density at radius 1 is 1.50 bits per heavy atom. The minimum Gasteiger partial charge on any atom is -0.474 e. The summed E-state index contributed by atoms with van der Waals surface area (Å²) < 4.78 is 0.921. The largest absolute Gasteiger partial charge is 0.474 e. The lowest BCUT2D eigenvalue weighted by molar-refractivity contribution is -0.149. The van der Waals surface area contributed by atoms with E-state index in [4.69, 9.17) is 5.11 Å². The van der Waals surface area contributed by atoms with Gasteiger partial charge in [0.15, 0.2) is 0 Å².